The highest BCUT2D eigenvalue weighted by Gasteiger charge is 2.22. The maximum atomic E-state index is 13.4. The normalized spacial score (nSPS) is 11.2. The molecule has 0 aliphatic rings. The highest BCUT2D eigenvalue weighted by molar-refractivity contribution is 6.02. The summed E-state index contributed by atoms with van der Waals surface area (Å²) in [5.41, 5.74) is 4.04. The van der Waals surface area contributed by atoms with E-state index < -0.39 is 0 Å². The van der Waals surface area contributed by atoms with Crippen LogP contribution in [0.15, 0.2) is 72.9 Å². The van der Waals surface area contributed by atoms with Gasteiger partial charge in [0.15, 0.2) is 11.4 Å². The van der Waals surface area contributed by atoms with Crippen molar-refractivity contribution in [2.75, 3.05) is 34.0 Å². The van der Waals surface area contributed by atoms with Crippen molar-refractivity contribution in [3.8, 4) is 5.75 Å². The zero-order valence-electron chi connectivity index (χ0n) is 21.4. The third-order valence-electron chi connectivity index (χ3n) is 5.78. The summed E-state index contributed by atoms with van der Waals surface area (Å²) in [5.74, 6) is -0.363. The Morgan fingerprint density at radius 3 is 2.53 bits per heavy atom. The molecular formula is C30H30FN3O4. The van der Waals surface area contributed by atoms with Crippen molar-refractivity contribution in [3.05, 3.63) is 107 Å². The summed E-state index contributed by atoms with van der Waals surface area (Å²) in [7, 11) is 3.18. The largest absolute Gasteiger partial charge is 0.484 e. The zero-order chi connectivity index (χ0) is 26.7. The number of nitrogens with zero attached hydrogens (tertiary/aromatic N) is 2. The van der Waals surface area contributed by atoms with E-state index in [0.717, 1.165) is 22.1 Å². The van der Waals surface area contributed by atoms with Crippen LogP contribution in [-0.4, -0.2) is 49.9 Å². The van der Waals surface area contributed by atoms with Crippen LogP contribution in [0.1, 0.15) is 32.9 Å². The molecule has 0 atom stereocenters. The smallest absolute Gasteiger partial charge is 0.273 e. The van der Waals surface area contributed by atoms with Gasteiger partial charge in [-0.05, 0) is 47.4 Å². The zero-order valence-corrected chi connectivity index (χ0v) is 21.4. The topological polar surface area (TPSA) is 82.6 Å². The maximum Gasteiger partial charge on any atom is 0.273 e. The van der Waals surface area contributed by atoms with Gasteiger partial charge in [0.1, 0.15) is 17.9 Å². The van der Waals surface area contributed by atoms with E-state index >= 15 is 0 Å². The van der Waals surface area contributed by atoms with Gasteiger partial charge in [0, 0.05) is 32.3 Å². The summed E-state index contributed by atoms with van der Waals surface area (Å²) in [4.78, 5) is 22.6. The molecule has 2 aromatic heterocycles. The number of pyridine rings is 2. The molecule has 0 spiro atoms. The molecule has 0 aliphatic carbocycles. The third-order valence-corrected chi connectivity index (χ3v) is 5.78. The Hall–Kier alpha value is -4.14. The van der Waals surface area contributed by atoms with Crippen LogP contribution in [0.25, 0.3) is 17.0 Å². The van der Waals surface area contributed by atoms with Crippen LogP contribution in [0.5, 0.6) is 5.75 Å². The van der Waals surface area contributed by atoms with Crippen molar-refractivity contribution in [2.24, 2.45) is 0 Å². The number of rotatable bonds is 12. The Labute approximate surface area is 221 Å². The number of halogens is 1. The predicted molar refractivity (Wildman–Crippen MR) is 145 cm³/mol. The second-order valence-corrected chi connectivity index (χ2v) is 8.60. The van der Waals surface area contributed by atoms with E-state index in [9.17, 15) is 9.18 Å². The minimum absolute atomic E-state index is 0.139. The maximum absolute atomic E-state index is 13.4. The first-order valence-corrected chi connectivity index (χ1v) is 12.3. The first-order valence-electron chi connectivity index (χ1n) is 12.3. The molecule has 0 saturated heterocycles. The van der Waals surface area contributed by atoms with Crippen LogP contribution in [-0.2, 0) is 22.5 Å². The monoisotopic (exact) mass is 515 g/mol. The fourth-order valence-electron chi connectivity index (χ4n) is 3.92. The lowest BCUT2D eigenvalue weighted by Gasteiger charge is -2.16. The number of ether oxygens (including phenoxy) is 3. The average Bonchev–Trinajstić information content (AvgIpc) is 2.94. The first-order chi connectivity index (χ1) is 18.6. The standard InChI is InChI=1S/C30H30FN3O4/c1-36-15-6-9-26-25-18-23(17-21-10-12-24(31)13-11-21)19-33-27(25)29(38-20-22-7-4-3-5-8-22)28(34-26)30(35)32-14-16-37-2/h3-13,18-19H,14-17,20H2,1-2H3,(H,32,35)/b9-6+. The molecule has 0 aliphatic heterocycles. The molecule has 0 radical (unpaired) electrons. The Bertz CT molecular complexity index is 1390. The molecule has 0 unspecified atom stereocenters. The summed E-state index contributed by atoms with van der Waals surface area (Å²) in [6.07, 6.45) is 5.94. The van der Waals surface area contributed by atoms with Gasteiger partial charge >= 0.3 is 0 Å². The Kier molecular flexibility index (Phi) is 9.50. The minimum atomic E-state index is -0.384. The molecule has 0 saturated carbocycles. The van der Waals surface area contributed by atoms with E-state index in [1.807, 2.05) is 48.6 Å². The van der Waals surface area contributed by atoms with Gasteiger partial charge in [-0.2, -0.15) is 0 Å². The number of amides is 1. The number of benzene rings is 2. The van der Waals surface area contributed by atoms with Crippen molar-refractivity contribution >= 4 is 22.9 Å². The fraction of sp³-hybridized carbons (Fsp3) is 0.233. The van der Waals surface area contributed by atoms with E-state index in [1.165, 1.54) is 12.1 Å². The van der Waals surface area contributed by atoms with Crippen LogP contribution in [0.4, 0.5) is 4.39 Å². The van der Waals surface area contributed by atoms with Gasteiger partial charge in [-0.25, -0.2) is 9.37 Å². The number of nitrogens with one attached hydrogen (secondary N) is 1. The molecule has 38 heavy (non-hydrogen) atoms. The lowest BCUT2D eigenvalue weighted by molar-refractivity contribution is 0.0927. The number of carbonyl (C=O) groups is 1. The molecule has 1 N–H and O–H groups in total. The quantitative estimate of drug-likeness (QED) is 0.268. The van der Waals surface area contributed by atoms with E-state index in [-0.39, 0.29) is 24.0 Å². The second kappa shape index (κ2) is 13.4. The number of aromatic nitrogens is 2. The van der Waals surface area contributed by atoms with Crippen LogP contribution < -0.4 is 10.1 Å². The fourth-order valence-corrected chi connectivity index (χ4v) is 3.92. The van der Waals surface area contributed by atoms with Crippen LogP contribution >= 0.6 is 0 Å². The summed E-state index contributed by atoms with van der Waals surface area (Å²) in [5, 5.41) is 3.56. The molecule has 2 heterocycles. The van der Waals surface area contributed by atoms with Gasteiger partial charge in [-0.3, -0.25) is 9.78 Å². The molecular weight excluding hydrogens is 485 g/mol. The van der Waals surface area contributed by atoms with Crippen molar-refractivity contribution in [1.82, 2.24) is 15.3 Å². The predicted octanol–water partition coefficient (Wildman–Crippen LogP) is 4.97. The molecule has 4 aromatic rings. The number of hydrogen-bond donors (Lipinski definition) is 1. The number of carbonyl (C=O) groups excluding carboxylic acids is 1. The van der Waals surface area contributed by atoms with Crippen molar-refractivity contribution in [2.45, 2.75) is 13.0 Å². The molecule has 1 amide bonds. The average molecular weight is 516 g/mol. The second-order valence-electron chi connectivity index (χ2n) is 8.60. The van der Waals surface area contributed by atoms with Gasteiger partial charge in [0.2, 0.25) is 0 Å². The van der Waals surface area contributed by atoms with Gasteiger partial charge < -0.3 is 19.5 Å². The van der Waals surface area contributed by atoms with Gasteiger partial charge in [0.25, 0.3) is 5.91 Å². The summed E-state index contributed by atoms with van der Waals surface area (Å²) < 4.78 is 29.8. The molecule has 0 fully saturated rings. The van der Waals surface area contributed by atoms with Gasteiger partial charge in [-0.15, -0.1) is 0 Å². The summed E-state index contributed by atoms with van der Waals surface area (Å²) >= 11 is 0. The molecule has 2 aromatic carbocycles. The van der Waals surface area contributed by atoms with E-state index in [1.54, 1.807) is 32.5 Å². The third kappa shape index (κ3) is 7.00. The highest BCUT2D eigenvalue weighted by atomic mass is 19.1. The lowest BCUT2D eigenvalue weighted by atomic mass is 10.0. The minimum Gasteiger partial charge on any atom is -0.484 e. The summed E-state index contributed by atoms with van der Waals surface area (Å²) in [6.45, 7) is 1.32. The van der Waals surface area contributed by atoms with E-state index in [2.05, 4.69) is 5.32 Å². The number of hydrogen-bond acceptors (Lipinski definition) is 6. The molecule has 196 valence electrons. The van der Waals surface area contributed by atoms with Gasteiger partial charge in [0.05, 0.1) is 18.9 Å². The van der Waals surface area contributed by atoms with Crippen molar-refractivity contribution in [1.29, 1.82) is 0 Å². The van der Waals surface area contributed by atoms with Crippen LogP contribution in [0.3, 0.4) is 0 Å². The van der Waals surface area contributed by atoms with Crippen molar-refractivity contribution < 1.29 is 23.4 Å². The molecule has 0 bridgehead atoms. The molecule has 7 nitrogen and oxygen atoms in total. The summed E-state index contributed by atoms with van der Waals surface area (Å²) in [6, 6.07) is 18.0. The molecule has 4 rings (SSSR count). The Balaban J connectivity index is 1.80. The SMILES string of the molecule is COC/C=C/c1nc(C(=O)NCCOC)c(OCc2ccccc2)c2ncc(Cc3ccc(F)cc3)cc12. The van der Waals surface area contributed by atoms with Gasteiger partial charge in [-0.1, -0.05) is 48.5 Å². The lowest BCUT2D eigenvalue weighted by Crippen LogP contribution is -2.28. The van der Waals surface area contributed by atoms with Crippen LogP contribution in [0.2, 0.25) is 0 Å². The Morgan fingerprint density at radius 1 is 1.00 bits per heavy atom. The van der Waals surface area contributed by atoms with Crippen molar-refractivity contribution in [3.63, 3.8) is 0 Å². The first kappa shape index (κ1) is 26.9. The van der Waals surface area contributed by atoms with E-state index in [0.29, 0.717) is 43.1 Å². The Morgan fingerprint density at radius 2 is 1.79 bits per heavy atom. The molecule has 8 heteroatoms. The highest BCUT2D eigenvalue weighted by Crippen LogP contribution is 2.32. The number of fused-ring (bicyclic) bond motifs is 1. The number of methoxy groups -OCH3 is 2. The van der Waals surface area contributed by atoms with E-state index in [4.69, 9.17) is 24.2 Å². The van der Waals surface area contributed by atoms with Crippen LogP contribution in [0, 0.1) is 5.82 Å².